The summed E-state index contributed by atoms with van der Waals surface area (Å²) < 4.78 is 2.05. The second-order valence-electron chi connectivity index (χ2n) is 13.3. The average Bonchev–Trinajstić information content (AvgIpc) is 3.38. The first kappa shape index (κ1) is 31.7. The monoisotopic (exact) mass is 797 g/mol. The van der Waals surface area contributed by atoms with Crippen molar-refractivity contribution >= 4 is 40.5 Å². The van der Waals surface area contributed by atoms with E-state index in [1.807, 2.05) is 36.5 Å². The summed E-state index contributed by atoms with van der Waals surface area (Å²) in [4.78, 5) is 10.1. The fourth-order valence-electron chi connectivity index (χ4n) is 6.12. The van der Waals surface area contributed by atoms with Crippen LogP contribution < -0.4 is 10.5 Å². The van der Waals surface area contributed by atoms with Crippen molar-refractivity contribution in [3.63, 3.8) is 0 Å². The second-order valence-corrected chi connectivity index (χ2v) is 17.6. The molecule has 0 spiro atoms. The third-order valence-corrected chi connectivity index (χ3v) is 12.1. The summed E-state index contributed by atoms with van der Waals surface area (Å²) in [6.07, 6.45) is 1.94. The maximum Gasteiger partial charge on any atom is 0.139 e. The summed E-state index contributed by atoms with van der Waals surface area (Å²) in [5.74, 6) is 0.216. The molecule has 0 saturated carbocycles. The summed E-state index contributed by atoms with van der Waals surface area (Å²) in [7, 11) is -2.21. The molecule has 4 aromatic carbocycles. The Balaban J connectivity index is 0.00000372. The molecule has 0 aliphatic carbocycles. The van der Waals surface area contributed by atoms with Crippen molar-refractivity contribution < 1.29 is 26.2 Å². The van der Waals surface area contributed by atoms with Crippen LogP contribution in [0.3, 0.4) is 0 Å². The van der Waals surface area contributed by atoms with E-state index in [1.165, 1.54) is 21.9 Å². The smallest absolute Gasteiger partial charge is 0.139 e. The Morgan fingerprint density at radius 1 is 0.739 bits per heavy atom. The van der Waals surface area contributed by atoms with Gasteiger partial charge in [0.25, 0.3) is 0 Å². The molecule has 0 amide bonds. The first-order chi connectivity index (χ1) is 21.6. The SMILES string of the molecule is CC(C)(C)c1ccc(-c2ccnc([Si](C)(C)c3[c-]c(-c4ccc5c6ccccc6n(-c6ccccc6O)c5n4)ccc3)c2)cc1.[Pt]. The zero-order valence-corrected chi connectivity index (χ0v) is 29.9. The van der Waals surface area contributed by atoms with Gasteiger partial charge in [-0.25, -0.2) is 0 Å². The van der Waals surface area contributed by atoms with Gasteiger partial charge in [0, 0.05) is 43.4 Å². The first-order valence-electron chi connectivity index (χ1n) is 15.4. The number of pyridine rings is 2. The minimum atomic E-state index is -2.21. The molecule has 0 radical (unpaired) electrons. The number of hydrogen-bond donors (Lipinski definition) is 1. The molecule has 6 heteroatoms. The maximum atomic E-state index is 10.8. The number of fused-ring (bicyclic) bond motifs is 3. The van der Waals surface area contributed by atoms with E-state index >= 15 is 0 Å². The largest absolute Gasteiger partial charge is 0.506 e. The summed E-state index contributed by atoms with van der Waals surface area (Å²) in [5.41, 5.74) is 8.13. The number of benzene rings is 4. The van der Waals surface area contributed by atoms with Gasteiger partial charge in [-0.2, -0.15) is 0 Å². The number of phenols is 1. The molecule has 0 bridgehead atoms. The Labute approximate surface area is 286 Å². The Morgan fingerprint density at radius 3 is 2.24 bits per heavy atom. The van der Waals surface area contributed by atoms with Crippen molar-refractivity contribution in [3.05, 3.63) is 133 Å². The molecule has 46 heavy (non-hydrogen) atoms. The minimum Gasteiger partial charge on any atom is -0.506 e. The van der Waals surface area contributed by atoms with Crippen LogP contribution in [-0.2, 0) is 26.5 Å². The molecular weight excluding hydrogens is 762 g/mol. The van der Waals surface area contributed by atoms with E-state index in [1.54, 1.807) is 6.07 Å². The van der Waals surface area contributed by atoms with Gasteiger partial charge in [0.1, 0.15) is 19.5 Å². The molecule has 232 valence electrons. The van der Waals surface area contributed by atoms with Gasteiger partial charge in [-0.15, -0.1) is 35.0 Å². The van der Waals surface area contributed by atoms with E-state index in [9.17, 15) is 5.11 Å². The molecule has 0 aliphatic rings. The number of rotatable bonds is 5. The van der Waals surface area contributed by atoms with Crippen molar-refractivity contribution in [2.24, 2.45) is 0 Å². The quantitative estimate of drug-likeness (QED) is 0.141. The van der Waals surface area contributed by atoms with Gasteiger partial charge in [0.15, 0.2) is 0 Å². The van der Waals surface area contributed by atoms with E-state index in [-0.39, 0.29) is 32.2 Å². The van der Waals surface area contributed by atoms with Crippen LogP contribution in [0.4, 0.5) is 0 Å². The van der Waals surface area contributed by atoms with Crippen LogP contribution in [-0.4, -0.2) is 27.7 Å². The average molecular weight is 798 g/mol. The van der Waals surface area contributed by atoms with Crippen LogP contribution in [0.25, 0.3) is 50.0 Å². The van der Waals surface area contributed by atoms with Crippen LogP contribution in [0.1, 0.15) is 26.3 Å². The Hall–Kier alpha value is -4.31. The van der Waals surface area contributed by atoms with Crippen molar-refractivity contribution in [3.8, 4) is 33.8 Å². The Kier molecular flexibility index (Phi) is 8.35. The third kappa shape index (κ3) is 5.63. The van der Waals surface area contributed by atoms with E-state index in [2.05, 4.69) is 123 Å². The van der Waals surface area contributed by atoms with Gasteiger partial charge in [-0.1, -0.05) is 101 Å². The van der Waals surface area contributed by atoms with E-state index in [0.29, 0.717) is 5.69 Å². The van der Waals surface area contributed by atoms with Gasteiger partial charge in [-0.05, 0) is 58.1 Å². The number of aromatic hydroxyl groups is 1. The van der Waals surface area contributed by atoms with Crippen LogP contribution in [0.2, 0.25) is 13.1 Å². The summed E-state index contributed by atoms with van der Waals surface area (Å²) in [6.45, 7) is 11.4. The summed E-state index contributed by atoms with van der Waals surface area (Å²) >= 11 is 0. The van der Waals surface area contributed by atoms with Crippen molar-refractivity contribution in [1.82, 2.24) is 14.5 Å². The topological polar surface area (TPSA) is 50.9 Å². The third-order valence-electron chi connectivity index (χ3n) is 8.87. The summed E-state index contributed by atoms with van der Waals surface area (Å²) in [6, 6.07) is 43.3. The van der Waals surface area contributed by atoms with Crippen LogP contribution in [0.5, 0.6) is 5.75 Å². The maximum absolute atomic E-state index is 10.8. The van der Waals surface area contributed by atoms with Gasteiger partial charge in [0.05, 0.1) is 11.2 Å². The number of hydrogen-bond acceptors (Lipinski definition) is 3. The van der Waals surface area contributed by atoms with E-state index in [4.69, 9.17) is 9.97 Å². The number of para-hydroxylation sites is 3. The van der Waals surface area contributed by atoms with Gasteiger partial charge in [0.2, 0.25) is 0 Å². The molecule has 0 atom stereocenters. The van der Waals surface area contributed by atoms with Crippen LogP contribution >= 0.6 is 0 Å². The standard InChI is InChI=1S/C40H36N3OSi.Pt/c1-40(2,3)30-19-17-27(18-20-30)28-23-24-41-38(26-28)45(4,5)31-12-10-11-29(25-31)34-22-21-33-32-13-6-7-14-35(32)43(39(33)42-34)36-15-8-9-16-37(36)44;/h6-24,26,44H,1-5H3;/q-1;. The second kappa shape index (κ2) is 12.1. The Bertz CT molecular complexity index is 2200. The fourth-order valence-corrected chi connectivity index (χ4v) is 8.27. The molecule has 4 nitrogen and oxygen atoms in total. The van der Waals surface area contributed by atoms with Crippen LogP contribution in [0, 0.1) is 6.07 Å². The molecule has 0 saturated heterocycles. The normalized spacial score (nSPS) is 11.9. The predicted octanol–water partition coefficient (Wildman–Crippen LogP) is 8.53. The number of phenolic OH excluding ortho intramolecular Hbond substituents is 1. The van der Waals surface area contributed by atoms with Crippen molar-refractivity contribution in [2.75, 3.05) is 0 Å². The molecule has 3 heterocycles. The van der Waals surface area contributed by atoms with Crippen molar-refractivity contribution in [1.29, 1.82) is 0 Å². The molecule has 3 aromatic heterocycles. The summed E-state index contributed by atoms with van der Waals surface area (Å²) in [5, 5.41) is 15.2. The molecule has 0 fully saturated rings. The number of nitrogens with zero attached hydrogens (tertiary/aromatic N) is 3. The zero-order valence-electron chi connectivity index (χ0n) is 26.7. The minimum absolute atomic E-state index is 0. The Morgan fingerprint density at radius 2 is 1.48 bits per heavy atom. The van der Waals surface area contributed by atoms with Crippen molar-refractivity contribution in [2.45, 2.75) is 39.3 Å². The van der Waals surface area contributed by atoms with Crippen LogP contribution in [0.15, 0.2) is 121 Å². The first-order valence-corrected chi connectivity index (χ1v) is 18.4. The van der Waals surface area contributed by atoms with E-state index < -0.39 is 8.07 Å². The molecule has 0 unspecified atom stereocenters. The van der Waals surface area contributed by atoms with Gasteiger partial charge in [-0.3, -0.25) is 14.5 Å². The zero-order chi connectivity index (χ0) is 31.3. The molecule has 1 N–H and O–H groups in total. The van der Waals surface area contributed by atoms with Gasteiger partial charge < -0.3 is 5.11 Å². The molecule has 7 rings (SSSR count). The predicted molar refractivity (Wildman–Crippen MR) is 190 cm³/mol. The fraction of sp³-hybridized carbons (Fsp3) is 0.150. The van der Waals surface area contributed by atoms with Gasteiger partial charge >= 0.3 is 0 Å². The number of aromatic nitrogens is 3. The van der Waals surface area contributed by atoms with E-state index in [0.717, 1.165) is 38.5 Å². The molecule has 0 aliphatic heterocycles. The molecular formula is C40H36N3OPtSi-. The molecule has 7 aromatic rings.